The highest BCUT2D eigenvalue weighted by Crippen LogP contribution is 2.16. The van der Waals surface area contributed by atoms with E-state index < -0.39 is 4.92 Å². The molecule has 1 aromatic carbocycles. The van der Waals surface area contributed by atoms with Gasteiger partial charge in [-0.25, -0.2) is 4.68 Å². The second kappa shape index (κ2) is 6.53. The van der Waals surface area contributed by atoms with Crippen LogP contribution >= 0.6 is 0 Å². The predicted molar refractivity (Wildman–Crippen MR) is 81.4 cm³/mol. The van der Waals surface area contributed by atoms with E-state index in [2.05, 4.69) is 20.9 Å². The van der Waals surface area contributed by atoms with Gasteiger partial charge >= 0.3 is 0 Å². The van der Waals surface area contributed by atoms with Crippen molar-refractivity contribution in [3.63, 3.8) is 0 Å². The van der Waals surface area contributed by atoms with Crippen molar-refractivity contribution >= 4 is 11.6 Å². The molecule has 9 heteroatoms. The van der Waals surface area contributed by atoms with E-state index in [1.54, 1.807) is 12.1 Å². The number of rotatable bonds is 4. The Hall–Kier alpha value is -2.81. The Labute approximate surface area is 131 Å². The summed E-state index contributed by atoms with van der Waals surface area (Å²) >= 11 is 0. The van der Waals surface area contributed by atoms with Crippen LogP contribution in [0.15, 0.2) is 30.5 Å². The third-order valence-corrected chi connectivity index (χ3v) is 3.71. The maximum Gasteiger partial charge on any atom is 0.273 e. The second-order valence-corrected chi connectivity index (χ2v) is 5.32. The van der Waals surface area contributed by atoms with Gasteiger partial charge in [-0.05, 0) is 32.0 Å². The summed E-state index contributed by atoms with van der Waals surface area (Å²) in [5.41, 5.74) is 0.626. The molecule has 2 aromatic rings. The van der Waals surface area contributed by atoms with E-state index in [0.717, 1.165) is 25.9 Å². The van der Waals surface area contributed by atoms with Crippen LogP contribution in [0.2, 0.25) is 0 Å². The highest BCUT2D eigenvalue weighted by molar-refractivity contribution is 5.92. The standard InChI is InChI=1S/C14H16N6O3/c21-14(16-10-4-6-15-7-5-10)13-9-19(18-17-13)11-2-1-3-12(8-11)20(22)23/h1-3,8-10,15H,4-7H2,(H,16,21). The highest BCUT2D eigenvalue weighted by atomic mass is 16.6. The van der Waals surface area contributed by atoms with Crippen molar-refractivity contribution in [1.29, 1.82) is 0 Å². The molecular weight excluding hydrogens is 300 g/mol. The topological polar surface area (TPSA) is 115 Å². The molecule has 0 unspecified atom stereocenters. The summed E-state index contributed by atoms with van der Waals surface area (Å²) in [6.45, 7) is 1.76. The predicted octanol–water partition coefficient (Wildman–Crippen LogP) is 0.657. The fraction of sp³-hybridized carbons (Fsp3) is 0.357. The van der Waals surface area contributed by atoms with Gasteiger partial charge in [0.05, 0.1) is 16.8 Å². The Morgan fingerprint density at radius 1 is 1.39 bits per heavy atom. The first-order chi connectivity index (χ1) is 11.1. The van der Waals surface area contributed by atoms with Crippen LogP contribution in [-0.4, -0.2) is 45.0 Å². The Morgan fingerprint density at radius 2 is 2.17 bits per heavy atom. The molecule has 1 aliphatic rings. The molecule has 23 heavy (non-hydrogen) atoms. The maximum absolute atomic E-state index is 12.2. The van der Waals surface area contributed by atoms with Crippen molar-refractivity contribution in [2.24, 2.45) is 0 Å². The van der Waals surface area contributed by atoms with Crippen LogP contribution < -0.4 is 10.6 Å². The lowest BCUT2D eigenvalue weighted by Crippen LogP contribution is -2.42. The van der Waals surface area contributed by atoms with Gasteiger partial charge in [-0.1, -0.05) is 11.3 Å². The summed E-state index contributed by atoms with van der Waals surface area (Å²) in [4.78, 5) is 22.5. The van der Waals surface area contributed by atoms with Crippen LogP contribution in [-0.2, 0) is 0 Å². The monoisotopic (exact) mass is 316 g/mol. The van der Waals surface area contributed by atoms with E-state index in [0.29, 0.717) is 5.69 Å². The molecule has 0 radical (unpaired) electrons. The van der Waals surface area contributed by atoms with Crippen LogP contribution in [0.5, 0.6) is 0 Å². The molecule has 1 amide bonds. The van der Waals surface area contributed by atoms with Gasteiger partial charge in [0.2, 0.25) is 0 Å². The van der Waals surface area contributed by atoms with Gasteiger partial charge < -0.3 is 10.6 Å². The van der Waals surface area contributed by atoms with Gasteiger partial charge in [0.1, 0.15) is 0 Å². The number of amides is 1. The quantitative estimate of drug-likeness (QED) is 0.632. The number of carbonyl (C=O) groups is 1. The molecule has 3 rings (SSSR count). The van der Waals surface area contributed by atoms with E-state index in [1.807, 2.05) is 0 Å². The lowest BCUT2D eigenvalue weighted by atomic mass is 10.1. The number of nitrogens with zero attached hydrogens (tertiary/aromatic N) is 4. The van der Waals surface area contributed by atoms with Gasteiger partial charge in [-0.2, -0.15) is 0 Å². The first kappa shape index (κ1) is 15.1. The first-order valence-corrected chi connectivity index (χ1v) is 7.32. The van der Waals surface area contributed by atoms with Crippen molar-refractivity contribution in [2.75, 3.05) is 13.1 Å². The zero-order valence-electron chi connectivity index (χ0n) is 12.3. The number of hydrogen-bond donors (Lipinski definition) is 2. The van der Waals surface area contributed by atoms with E-state index >= 15 is 0 Å². The van der Waals surface area contributed by atoms with Crippen LogP contribution in [0, 0.1) is 10.1 Å². The molecule has 1 saturated heterocycles. The van der Waals surface area contributed by atoms with Gasteiger partial charge in [0.15, 0.2) is 5.69 Å². The molecule has 9 nitrogen and oxygen atoms in total. The number of nitro benzene ring substituents is 1. The molecule has 1 aliphatic heterocycles. The number of non-ortho nitro benzene ring substituents is 1. The van der Waals surface area contributed by atoms with E-state index in [1.165, 1.54) is 23.0 Å². The van der Waals surface area contributed by atoms with Gasteiger partial charge in [-0.15, -0.1) is 5.10 Å². The summed E-state index contributed by atoms with van der Waals surface area (Å²) in [5, 5.41) is 24.7. The summed E-state index contributed by atoms with van der Waals surface area (Å²) in [6.07, 6.45) is 3.23. The molecule has 0 atom stereocenters. The Morgan fingerprint density at radius 3 is 2.91 bits per heavy atom. The smallest absolute Gasteiger partial charge is 0.273 e. The normalized spacial score (nSPS) is 15.3. The number of carbonyl (C=O) groups excluding carboxylic acids is 1. The minimum absolute atomic E-state index is 0.0429. The van der Waals surface area contributed by atoms with E-state index in [-0.39, 0.29) is 23.3 Å². The molecular formula is C14H16N6O3. The molecule has 0 spiro atoms. The van der Waals surface area contributed by atoms with E-state index in [9.17, 15) is 14.9 Å². The minimum atomic E-state index is -0.481. The molecule has 1 aromatic heterocycles. The zero-order chi connectivity index (χ0) is 16.2. The van der Waals surface area contributed by atoms with Crippen molar-refractivity contribution in [2.45, 2.75) is 18.9 Å². The van der Waals surface area contributed by atoms with Crippen LogP contribution in [0.4, 0.5) is 5.69 Å². The highest BCUT2D eigenvalue weighted by Gasteiger charge is 2.19. The third-order valence-electron chi connectivity index (χ3n) is 3.71. The van der Waals surface area contributed by atoms with Gasteiger partial charge in [0.25, 0.3) is 11.6 Å². The summed E-state index contributed by atoms with van der Waals surface area (Å²) < 4.78 is 1.35. The first-order valence-electron chi connectivity index (χ1n) is 7.32. The molecule has 120 valence electrons. The number of benzene rings is 1. The average Bonchev–Trinajstić information content (AvgIpc) is 3.06. The van der Waals surface area contributed by atoms with Gasteiger partial charge in [-0.3, -0.25) is 14.9 Å². The number of piperidine rings is 1. The summed E-state index contributed by atoms with van der Waals surface area (Å²) in [6, 6.07) is 6.13. The van der Waals surface area contributed by atoms with Crippen molar-refractivity contribution < 1.29 is 9.72 Å². The van der Waals surface area contributed by atoms with Crippen molar-refractivity contribution in [3.05, 3.63) is 46.3 Å². The van der Waals surface area contributed by atoms with Crippen LogP contribution in [0.1, 0.15) is 23.3 Å². The molecule has 0 bridgehead atoms. The van der Waals surface area contributed by atoms with Crippen LogP contribution in [0.25, 0.3) is 5.69 Å². The SMILES string of the molecule is O=C(NC1CCNCC1)c1cn(-c2cccc([N+](=O)[O-])c2)nn1. The lowest BCUT2D eigenvalue weighted by Gasteiger charge is -2.23. The third kappa shape index (κ3) is 3.51. The Balaban J connectivity index is 1.73. The van der Waals surface area contributed by atoms with Crippen LogP contribution in [0.3, 0.4) is 0 Å². The van der Waals surface area contributed by atoms with Crippen molar-refractivity contribution in [1.82, 2.24) is 25.6 Å². The van der Waals surface area contributed by atoms with Crippen molar-refractivity contribution in [3.8, 4) is 5.69 Å². The molecule has 0 aliphatic carbocycles. The average molecular weight is 316 g/mol. The molecule has 2 heterocycles. The number of aromatic nitrogens is 3. The number of nitrogens with one attached hydrogen (secondary N) is 2. The van der Waals surface area contributed by atoms with Gasteiger partial charge in [0, 0.05) is 18.2 Å². The minimum Gasteiger partial charge on any atom is -0.348 e. The Kier molecular flexibility index (Phi) is 4.29. The number of hydrogen-bond acceptors (Lipinski definition) is 6. The molecule has 2 N–H and O–H groups in total. The number of nitro groups is 1. The zero-order valence-corrected chi connectivity index (χ0v) is 12.3. The van der Waals surface area contributed by atoms with E-state index in [4.69, 9.17) is 0 Å². The summed E-state index contributed by atoms with van der Waals surface area (Å²) in [5.74, 6) is -0.284. The molecule has 1 fully saturated rings. The largest absolute Gasteiger partial charge is 0.348 e. The fourth-order valence-electron chi connectivity index (χ4n) is 2.47. The second-order valence-electron chi connectivity index (χ2n) is 5.32. The Bertz CT molecular complexity index is 723. The maximum atomic E-state index is 12.2. The lowest BCUT2D eigenvalue weighted by molar-refractivity contribution is -0.384. The summed E-state index contributed by atoms with van der Waals surface area (Å²) in [7, 11) is 0. The fourth-order valence-corrected chi connectivity index (χ4v) is 2.47. The molecule has 0 saturated carbocycles.